The van der Waals surface area contributed by atoms with Crippen LogP contribution >= 0.6 is 0 Å². The Morgan fingerprint density at radius 2 is 1.24 bits per heavy atom. The summed E-state index contributed by atoms with van der Waals surface area (Å²) < 4.78 is 0. The van der Waals surface area contributed by atoms with Crippen molar-refractivity contribution < 1.29 is 0 Å². The molecule has 0 unspecified atom stereocenters. The summed E-state index contributed by atoms with van der Waals surface area (Å²) in [6.45, 7) is 3.94. The van der Waals surface area contributed by atoms with Gasteiger partial charge in [0.15, 0.2) is 0 Å². The van der Waals surface area contributed by atoms with Crippen LogP contribution < -0.4 is 0 Å². The summed E-state index contributed by atoms with van der Waals surface area (Å²) in [5.41, 5.74) is 4.34. The fourth-order valence-electron chi connectivity index (χ4n) is 2.16. The van der Waals surface area contributed by atoms with Crippen molar-refractivity contribution in [3.05, 3.63) is 78.2 Å². The molecule has 0 spiro atoms. The molecule has 2 aromatic rings. The second kappa shape index (κ2) is 6.24. The molecule has 0 atom stereocenters. The van der Waals surface area contributed by atoms with Gasteiger partial charge in [-0.05, 0) is 42.4 Å². The van der Waals surface area contributed by atoms with Gasteiger partial charge in [-0.1, -0.05) is 61.5 Å². The van der Waals surface area contributed by atoms with Crippen LogP contribution in [0.3, 0.4) is 0 Å². The summed E-state index contributed by atoms with van der Waals surface area (Å²) in [6.07, 6.45) is 4.31. The second-order valence-electron chi connectivity index (χ2n) is 4.36. The lowest BCUT2D eigenvalue weighted by molar-refractivity contribution is 0.907. The predicted molar refractivity (Wildman–Crippen MR) is 74.0 cm³/mol. The molecule has 0 aliphatic carbocycles. The number of benzene rings is 2. The van der Waals surface area contributed by atoms with Crippen molar-refractivity contribution in [2.45, 2.75) is 25.7 Å². The van der Waals surface area contributed by atoms with Crippen molar-refractivity contribution >= 4 is 0 Å². The molecule has 0 aromatic heterocycles. The Kier molecular flexibility index (Phi) is 4.37. The number of rotatable bonds is 5. The van der Waals surface area contributed by atoms with Crippen LogP contribution in [-0.2, 0) is 19.3 Å². The average Bonchev–Trinajstić information content (AvgIpc) is 2.39. The number of aryl methyl sites for hydroxylation is 3. The molecule has 0 N–H and O–H groups in total. The summed E-state index contributed by atoms with van der Waals surface area (Å²) in [4.78, 5) is 0. The molecule has 17 heavy (non-hydrogen) atoms. The Morgan fingerprint density at radius 3 is 1.88 bits per heavy atom. The predicted octanol–water partition coefficient (Wildman–Crippen LogP) is 4.24. The summed E-state index contributed by atoms with van der Waals surface area (Å²) in [5.74, 6) is 0. The summed E-state index contributed by atoms with van der Waals surface area (Å²) in [5, 5.41) is 0. The minimum Gasteiger partial charge on any atom is -0.0622 e. The molecule has 0 fully saturated rings. The van der Waals surface area contributed by atoms with Crippen LogP contribution in [0.4, 0.5) is 0 Å². The highest BCUT2D eigenvalue weighted by molar-refractivity contribution is 5.28. The van der Waals surface area contributed by atoms with Crippen LogP contribution in [0.15, 0.2) is 54.6 Å². The lowest BCUT2D eigenvalue weighted by atomic mass is 9.97. The average molecular weight is 223 g/mol. The molecule has 87 valence electrons. The molecule has 0 nitrogen and oxygen atoms in total. The fraction of sp³-hybridized carbons (Fsp3) is 0.235. The van der Waals surface area contributed by atoms with Crippen LogP contribution in [0.5, 0.6) is 0 Å². The highest BCUT2D eigenvalue weighted by Gasteiger charge is 2.01. The summed E-state index contributed by atoms with van der Waals surface area (Å²) >= 11 is 0. The van der Waals surface area contributed by atoms with E-state index < -0.39 is 0 Å². The standard InChI is InChI=1S/C17H19/c1-2-8-16-11-6-7-12-17(16)14-13-15-9-4-3-5-10-15/h3-7,9-12H,1-2,8,13-14H2. The topological polar surface area (TPSA) is 0 Å². The van der Waals surface area contributed by atoms with E-state index in [1.54, 1.807) is 0 Å². The Labute approximate surface area is 104 Å². The quantitative estimate of drug-likeness (QED) is 0.711. The van der Waals surface area contributed by atoms with Gasteiger partial charge in [0.1, 0.15) is 0 Å². The minimum absolute atomic E-state index is 0.975. The van der Waals surface area contributed by atoms with Gasteiger partial charge in [0.25, 0.3) is 0 Å². The highest BCUT2D eigenvalue weighted by Crippen LogP contribution is 2.14. The van der Waals surface area contributed by atoms with Crippen molar-refractivity contribution in [1.29, 1.82) is 0 Å². The first-order valence-corrected chi connectivity index (χ1v) is 6.30. The molecule has 2 aromatic carbocycles. The minimum atomic E-state index is 0.975. The Balaban J connectivity index is 2.03. The molecule has 0 heteroatoms. The maximum atomic E-state index is 3.94. The maximum Gasteiger partial charge on any atom is -0.0236 e. The Morgan fingerprint density at radius 1 is 0.647 bits per heavy atom. The highest BCUT2D eigenvalue weighted by atomic mass is 14.1. The molecule has 0 amide bonds. The first-order chi connectivity index (χ1) is 8.40. The van der Waals surface area contributed by atoms with Crippen LogP contribution in [0, 0.1) is 6.92 Å². The third-order valence-electron chi connectivity index (χ3n) is 3.09. The number of hydrogen-bond donors (Lipinski definition) is 0. The Hall–Kier alpha value is -1.56. The van der Waals surface area contributed by atoms with Crippen LogP contribution in [-0.4, -0.2) is 0 Å². The molecule has 0 bridgehead atoms. The van der Waals surface area contributed by atoms with Crippen molar-refractivity contribution in [3.8, 4) is 0 Å². The van der Waals surface area contributed by atoms with Gasteiger partial charge in [0, 0.05) is 0 Å². The van der Waals surface area contributed by atoms with E-state index in [1.807, 2.05) is 0 Å². The van der Waals surface area contributed by atoms with E-state index in [0.29, 0.717) is 0 Å². The SMILES string of the molecule is [CH2]CCc1ccccc1CCc1ccccc1. The molecule has 0 saturated heterocycles. The molecule has 0 saturated carbocycles. The van der Waals surface area contributed by atoms with Crippen molar-refractivity contribution in [2.24, 2.45) is 0 Å². The molecule has 2 rings (SSSR count). The van der Waals surface area contributed by atoms with E-state index in [0.717, 1.165) is 25.7 Å². The van der Waals surface area contributed by atoms with Crippen LogP contribution in [0.2, 0.25) is 0 Å². The third kappa shape index (κ3) is 3.45. The van der Waals surface area contributed by atoms with E-state index in [1.165, 1.54) is 16.7 Å². The lowest BCUT2D eigenvalue weighted by Crippen LogP contribution is -1.96. The van der Waals surface area contributed by atoms with E-state index in [4.69, 9.17) is 0 Å². The fourth-order valence-corrected chi connectivity index (χ4v) is 2.16. The first-order valence-electron chi connectivity index (χ1n) is 6.30. The van der Waals surface area contributed by atoms with Gasteiger partial charge < -0.3 is 0 Å². The first kappa shape index (κ1) is 11.9. The van der Waals surface area contributed by atoms with Crippen LogP contribution in [0.1, 0.15) is 23.1 Å². The second-order valence-corrected chi connectivity index (χ2v) is 4.36. The van der Waals surface area contributed by atoms with E-state index >= 15 is 0 Å². The zero-order valence-electron chi connectivity index (χ0n) is 10.2. The monoisotopic (exact) mass is 223 g/mol. The third-order valence-corrected chi connectivity index (χ3v) is 3.09. The zero-order chi connectivity index (χ0) is 11.9. The van der Waals surface area contributed by atoms with Gasteiger partial charge in [-0.3, -0.25) is 0 Å². The molecule has 0 heterocycles. The van der Waals surface area contributed by atoms with Gasteiger partial charge in [-0.2, -0.15) is 0 Å². The van der Waals surface area contributed by atoms with Crippen molar-refractivity contribution in [2.75, 3.05) is 0 Å². The largest absolute Gasteiger partial charge is 0.0622 e. The molecule has 0 aliphatic heterocycles. The molecule has 1 radical (unpaired) electrons. The lowest BCUT2D eigenvalue weighted by Gasteiger charge is -2.08. The van der Waals surface area contributed by atoms with Crippen molar-refractivity contribution in [3.63, 3.8) is 0 Å². The van der Waals surface area contributed by atoms with Gasteiger partial charge in [0.05, 0.1) is 0 Å². The van der Waals surface area contributed by atoms with Gasteiger partial charge >= 0.3 is 0 Å². The van der Waals surface area contributed by atoms with Gasteiger partial charge in [0.2, 0.25) is 0 Å². The van der Waals surface area contributed by atoms with E-state index in [9.17, 15) is 0 Å². The molecular weight excluding hydrogens is 204 g/mol. The van der Waals surface area contributed by atoms with Crippen LogP contribution in [0.25, 0.3) is 0 Å². The molecule has 0 aliphatic rings. The van der Waals surface area contributed by atoms with E-state index in [2.05, 4.69) is 61.5 Å². The Bertz CT molecular complexity index is 443. The zero-order valence-corrected chi connectivity index (χ0v) is 10.2. The normalized spacial score (nSPS) is 10.4. The molecular formula is C17H19. The summed E-state index contributed by atoms with van der Waals surface area (Å²) in [7, 11) is 0. The van der Waals surface area contributed by atoms with E-state index in [-0.39, 0.29) is 0 Å². The van der Waals surface area contributed by atoms with Crippen molar-refractivity contribution in [1.82, 2.24) is 0 Å². The van der Waals surface area contributed by atoms with Gasteiger partial charge in [-0.15, -0.1) is 0 Å². The number of hydrogen-bond acceptors (Lipinski definition) is 0. The smallest absolute Gasteiger partial charge is 0.0236 e. The maximum absolute atomic E-state index is 3.94. The van der Waals surface area contributed by atoms with Gasteiger partial charge in [-0.25, -0.2) is 0 Å². The summed E-state index contributed by atoms with van der Waals surface area (Å²) in [6, 6.07) is 19.4.